The Balaban J connectivity index is 1.30. The summed E-state index contributed by atoms with van der Waals surface area (Å²) in [5, 5.41) is 6.84. The molecule has 1 atom stereocenters. The number of halogens is 1. The van der Waals surface area contributed by atoms with E-state index in [-0.39, 0.29) is 29.8 Å². The largest absolute Gasteiger partial charge is 0.470 e. The molecule has 35 heavy (non-hydrogen) atoms. The molecule has 0 radical (unpaired) electrons. The van der Waals surface area contributed by atoms with Gasteiger partial charge in [0.05, 0.1) is 6.20 Å². The zero-order valence-corrected chi connectivity index (χ0v) is 20.6. The summed E-state index contributed by atoms with van der Waals surface area (Å²) in [7, 11) is 0. The van der Waals surface area contributed by atoms with E-state index in [4.69, 9.17) is 33.3 Å². The van der Waals surface area contributed by atoms with Crippen LogP contribution in [0.15, 0.2) is 66.9 Å². The standard InChI is InChI=1S/C25H26ClN5O3S/c26-21-14-27-23(33-16-18-8-3-1-4-9-18)22(29-21)30-24(35)28-20-12-7-13-31(15-20)25(32)34-17-19-10-5-2-6-11-19/h1-6,8-11,14,20H,7,12-13,15-17H2,(H2,28,29,30,35)/t20-/m1/s1. The van der Waals surface area contributed by atoms with Gasteiger partial charge in [-0.25, -0.2) is 14.8 Å². The summed E-state index contributed by atoms with van der Waals surface area (Å²) in [5.41, 5.74) is 1.95. The monoisotopic (exact) mass is 511 g/mol. The number of benzene rings is 2. The van der Waals surface area contributed by atoms with E-state index in [1.807, 2.05) is 60.7 Å². The van der Waals surface area contributed by atoms with Crippen LogP contribution in [0, 0.1) is 0 Å². The van der Waals surface area contributed by atoms with Crippen LogP contribution in [0.2, 0.25) is 5.15 Å². The summed E-state index contributed by atoms with van der Waals surface area (Å²) in [4.78, 5) is 22.7. The highest BCUT2D eigenvalue weighted by molar-refractivity contribution is 7.80. The van der Waals surface area contributed by atoms with Gasteiger partial charge >= 0.3 is 6.09 Å². The van der Waals surface area contributed by atoms with E-state index < -0.39 is 0 Å². The third kappa shape index (κ3) is 7.53. The lowest BCUT2D eigenvalue weighted by molar-refractivity contribution is 0.0849. The lowest BCUT2D eigenvalue weighted by Crippen LogP contribution is -2.50. The molecule has 8 nitrogen and oxygen atoms in total. The third-order valence-electron chi connectivity index (χ3n) is 5.38. The Kier molecular flexibility index (Phi) is 8.69. The fraction of sp³-hybridized carbons (Fsp3) is 0.280. The Morgan fingerprint density at radius 2 is 1.77 bits per heavy atom. The van der Waals surface area contributed by atoms with Gasteiger partial charge in [0, 0.05) is 19.1 Å². The number of nitrogens with one attached hydrogen (secondary N) is 2. The Bertz CT molecular complexity index is 1140. The van der Waals surface area contributed by atoms with Crippen LogP contribution in [0.25, 0.3) is 0 Å². The molecular weight excluding hydrogens is 486 g/mol. The molecule has 182 valence electrons. The summed E-state index contributed by atoms with van der Waals surface area (Å²) in [5.74, 6) is 0.609. The zero-order chi connectivity index (χ0) is 24.5. The molecule has 1 amide bonds. The average molecular weight is 512 g/mol. The highest BCUT2D eigenvalue weighted by Gasteiger charge is 2.25. The first-order valence-electron chi connectivity index (χ1n) is 11.3. The van der Waals surface area contributed by atoms with E-state index in [2.05, 4.69) is 20.6 Å². The number of rotatable bonds is 7. The molecule has 1 aliphatic heterocycles. The van der Waals surface area contributed by atoms with E-state index in [0.29, 0.717) is 30.6 Å². The smallest absolute Gasteiger partial charge is 0.410 e. The van der Waals surface area contributed by atoms with Crippen molar-refractivity contribution in [2.75, 3.05) is 18.4 Å². The first-order chi connectivity index (χ1) is 17.1. The summed E-state index contributed by atoms with van der Waals surface area (Å²) < 4.78 is 11.3. The van der Waals surface area contributed by atoms with Gasteiger partial charge in [0.15, 0.2) is 10.9 Å². The number of ether oxygens (including phenoxy) is 2. The molecule has 2 N–H and O–H groups in total. The molecule has 4 rings (SSSR count). The molecule has 0 bridgehead atoms. The van der Waals surface area contributed by atoms with E-state index in [0.717, 1.165) is 24.0 Å². The molecule has 2 heterocycles. The van der Waals surface area contributed by atoms with Crippen molar-refractivity contribution in [1.82, 2.24) is 20.2 Å². The highest BCUT2D eigenvalue weighted by atomic mass is 35.5. The normalized spacial score (nSPS) is 15.2. The number of carbonyl (C=O) groups excluding carboxylic acids is 1. The van der Waals surface area contributed by atoms with Gasteiger partial charge in [0.25, 0.3) is 5.88 Å². The summed E-state index contributed by atoms with van der Waals surface area (Å²) in [6.45, 7) is 1.69. The molecule has 0 spiro atoms. The van der Waals surface area contributed by atoms with Gasteiger partial charge in [0.1, 0.15) is 18.4 Å². The van der Waals surface area contributed by atoms with Crippen molar-refractivity contribution in [2.24, 2.45) is 0 Å². The molecule has 0 saturated carbocycles. The van der Waals surface area contributed by atoms with Crippen molar-refractivity contribution < 1.29 is 14.3 Å². The molecule has 2 aromatic carbocycles. The predicted molar refractivity (Wildman–Crippen MR) is 138 cm³/mol. The number of piperidine rings is 1. The van der Waals surface area contributed by atoms with Crippen LogP contribution >= 0.6 is 23.8 Å². The number of aromatic nitrogens is 2. The highest BCUT2D eigenvalue weighted by Crippen LogP contribution is 2.22. The predicted octanol–water partition coefficient (Wildman–Crippen LogP) is 4.80. The van der Waals surface area contributed by atoms with Crippen LogP contribution in [0.4, 0.5) is 10.6 Å². The first kappa shape index (κ1) is 24.7. The SMILES string of the molecule is O=C(OCc1ccccc1)N1CCC[C@@H](NC(=S)Nc2nc(Cl)cnc2OCc2ccccc2)C1. The van der Waals surface area contributed by atoms with Gasteiger partial charge in [-0.05, 0) is 36.2 Å². The Hall–Kier alpha value is -3.43. The maximum atomic E-state index is 12.5. The maximum Gasteiger partial charge on any atom is 0.410 e. The van der Waals surface area contributed by atoms with Crippen molar-refractivity contribution in [3.8, 4) is 5.88 Å². The van der Waals surface area contributed by atoms with Gasteiger partial charge in [-0.3, -0.25) is 0 Å². The lowest BCUT2D eigenvalue weighted by atomic mass is 10.1. The first-order valence-corrected chi connectivity index (χ1v) is 12.1. The molecule has 1 saturated heterocycles. The molecule has 0 aliphatic carbocycles. The molecule has 1 fully saturated rings. The van der Waals surface area contributed by atoms with Gasteiger partial charge in [-0.15, -0.1) is 0 Å². The second-order valence-electron chi connectivity index (χ2n) is 8.04. The Labute approximate surface area is 214 Å². The number of carbonyl (C=O) groups is 1. The summed E-state index contributed by atoms with van der Waals surface area (Å²) in [6, 6.07) is 19.3. The molecule has 1 aromatic heterocycles. The van der Waals surface area contributed by atoms with Crippen molar-refractivity contribution >= 4 is 40.8 Å². The van der Waals surface area contributed by atoms with Gasteiger partial charge in [-0.1, -0.05) is 72.3 Å². The van der Waals surface area contributed by atoms with Crippen molar-refractivity contribution in [1.29, 1.82) is 0 Å². The van der Waals surface area contributed by atoms with Crippen LogP contribution in [-0.2, 0) is 18.0 Å². The van der Waals surface area contributed by atoms with E-state index in [1.54, 1.807) is 4.90 Å². The minimum absolute atomic E-state index is 0.0335. The third-order valence-corrected chi connectivity index (χ3v) is 5.78. The maximum absolute atomic E-state index is 12.5. The molecule has 3 aromatic rings. The van der Waals surface area contributed by atoms with Crippen LogP contribution < -0.4 is 15.4 Å². The number of likely N-dealkylation sites (tertiary alicyclic amines) is 1. The number of hydrogen-bond donors (Lipinski definition) is 2. The molecule has 1 aliphatic rings. The number of thiocarbonyl (C=S) groups is 1. The zero-order valence-electron chi connectivity index (χ0n) is 19.0. The van der Waals surface area contributed by atoms with Crippen molar-refractivity contribution in [3.63, 3.8) is 0 Å². The van der Waals surface area contributed by atoms with E-state index >= 15 is 0 Å². The number of amides is 1. The summed E-state index contributed by atoms with van der Waals surface area (Å²) >= 11 is 11.5. The van der Waals surface area contributed by atoms with Gasteiger partial charge in [0.2, 0.25) is 0 Å². The number of hydrogen-bond acceptors (Lipinski definition) is 6. The van der Waals surface area contributed by atoms with E-state index in [1.165, 1.54) is 6.20 Å². The second kappa shape index (κ2) is 12.3. The molecule has 10 heteroatoms. The number of anilines is 1. The molecular formula is C25H26ClN5O3S. The fourth-order valence-corrected chi connectivity index (χ4v) is 4.07. The molecule has 0 unspecified atom stereocenters. The average Bonchev–Trinajstić information content (AvgIpc) is 2.88. The van der Waals surface area contributed by atoms with Crippen LogP contribution in [0.5, 0.6) is 5.88 Å². The minimum Gasteiger partial charge on any atom is -0.470 e. The van der Waals surface area contributed by atoms with Crippen LogP contribution in [-0.4, -0.2) is 45.2 Å². The summed E-state index contributed by atoms with van der Waals surface area (Å²) in [6.07, 6.45) is 2.78. The lowest BCUT2D eigenvalue weighted by Gasteiger charge is -2.33. The van der Waals surface area contributed by atoms with Crippen molar-refractivity contribution in [3.05, 3.63) is 83.1 Å². The fourth-order valence-electron chi connectivity index (χ4n) is 3.67. The van der Waals surface area contributed by atoms with Crippen molar-refractivity contribution in [2.45, 2.75) is 32.1 Å². The Morgan fingerprint density at radius 1 is 1.09 bits per heavy atom. The number of nitrogens with zero attached hydrogens (tertiary/aromatic N) is 3. The topological polar surface area (TPSA) is 88.6 Å². The van der Waals surface area contributed by atoms with E-state index in [9.17, 15) is 4.79 Å². The second-order valence-corrected chi connectivity index (χ2v) is 8.84. The quantitative estimate of drug-likeness (QED) is 0.437. The van der Waals surface area contributed by atoms with Gasteiger partial charge in [-0.2, -0.15) is 0 Å². The minimum atomic E-state index is -0.337. The Morgan fingerprint density at radius 3 is 2.49 bits per heavy atom. The van der Waals surface area contributed by atoms with Crippen LogP contribution in [0.3, 0.4) is 0 Å². The van der Waals surface area contributed by atoms with Gasteiger partial charge < -0.3 is 25.0 Å². The van der Waals surface area contributed by atoms with Crippen LogP contribution in [0.1, 0.15) is 24.0 Å².